The second-order valence-corrected chi connectivity index (χ2v) is 9.31. The van der Waals surface area contributed by atoms with Crippen LogP contribution < -0.4 is 10.0 Å². The predicted molar refractivity (Wildman–Crippen MR) is 122 cm³/mol. The molecule has 0 saturated heterocycles. The third kappa shape index (κ3) is 6.77. The van der Waals surface area contributed by atoms with Gasteiger partial charge in [0.1, 0.15) is 0 Å². The van der Waals surface area contributed by atoms with Crippen LogP contribution in [0.25, 0.3) is 11.1 Å². The van der Waals surface area contributed by atoms with Crippen LogP contribution in [0, 0.1) is 0 Å². The minimum atomic E-state index is -4.53. The molecule has 1 heterocycles. The highest BCUT2D eigenvalue weighted by Crippen LogP contribution is 2.30. The van der Waals surface area contributed by atoms with Crippen LogP contribution in [-0.4, -0.2) is 45.5 Å². The number of rotatable bonds is 9. The lowest BCUT2D eigenvalue weighted by Gasteiger charge is -2.16. The molecule has 3 aromatic rings. The molecular formula is C23H25F3N4O2S. The Morgan fingerprint density at radius 2 is 1.73 bits per heavy atom. The van der Waals surface area contributed by atoms with Gasteiger partial charge in [0, 0.05) is 43.3 Å². The maximum absolute atomic E-state index is 12.7. The van der Waals surface area contributed by atoms with Gasteiger partial charge in [-0.2, -0.15) is 13.2 Å². The highest BCUT2D eigenvalue weighted by molar-refractivity contribution is 7.92. The first-order valence-electron chi connectivity index (χ1n) is 10.2. The van der Waals surface area contributed by atoms with E-state index in [2.05, 4.69) is 19.9 Å². The SMILES string of the molecule is CNCCN(C)Cc1cncc(-c2cccc(NS(=O)(=O)c3ccc(C(F)(F)F)cc3)c2)c1. The van der Waals surface area contributed by atoms with E-state index in [1.54, 1.807) is 30.6 Å². The number of likely N-dealkylation sites (N-methyl/N-ethyl adjacent to an activating group) is 2. The number of nitrogens with zero attached hydrogens (tertiary/aromatic N) is 2. The van der Waals surface area contributed by atoms with E-state index < -0.39 is 21.8 Å². The summed E-state index contributed by atoms with van der Waals surface area (Å²) in [5, 5.41) is 3.10. The molecule has 2 N–H and O–H groups in total. The standard InChI is InChI=1S/C23H25F3N4O2S/c1-27-10-11-30(2)16-17-12-19(15-28-14-17)18-4-3-5-21(13-18)29-33(31,32)22-8-6-20(7-9-22)23(24,25)26/h3-9,12-15,27,29H,10-11,16H2,1-2H3. The summed E-state index contributed by atoms with van der Waals surface area (Å²) in [6.07, 6.45) is -1.05. The van der Waals surface area contributed by atoms with Gasteiger partial charge in [0.25, 0.3) is 10.0 Å². The number of hydrogen-bond acceptors (Lipinski definition) is 5. The summed E-state index contributed by atoms with van der Waals surface area (Å²) >= 11 is 0. The number of nitrogens with one attached hydrogen (secondary N) is 2. The molecule has 0 radical (unpaired) electrons. The number of benzene rings is 2. The molecule has 0 bridgehead atoms. The Balaban J connectivity index is 1.78. The molecule has 33 heavy (non-hydrogen) atoms. The summed E-state index contributed by atoms with van der Waals surface area (Å²) in [4.78, 5) is 6.20. The van der Waals surface area contributed by atoms with Crippen molar-refractivity contribution in [2.75, 3.05) is 31.9 Å². The topological polar surface area (TPSA) is 74.3 Å². The zero-order valence-electron chi connectivity index (χ0n) is 18.2. The third-order valence-corrected chi connectivity index (χ3v) is 6.33. The first-order chi connectivity index (χ1) is 15.6. The number of anilines is 1. The van der Waals surface area contributed by atoms with E-state index >= 15 is 0 Å². The number of hydrogen-bond donors (Lipinski definition) is 2. The lowest BCUT2D eigenvalue weighted by Crippen LogP contribution is -2.26. The summed E-state index contributed by atoms with van der Waals surface area (Å²) in [7, 11) is -0.141. The Morgan fingerprint density at radius 3 is 2.39 bits per heavy atom. The molecule has 0 aliphatic carbocycles. The highest BCUT2D eigenvalue weighted by atomic mass is 32.2. The molecule has 0 saturated carbocycles. The van der Waals surface area contributed by atoms with Crippen LogP contribution in [0.3, 0.4) is 0 Å². The van der Waals surface area contributed by atoms with Crippen LogP contribution in [0.2, 0.25) is 0 Å². The van der Waals surface area contributed by atoms with Crippen molar-refractivity contribution >= 4 is 15.7 Å². The zero-order chi connectivity index (χ0) is 24.1. The molecular weight excluding hydrogens is 453 g/mol. The molecule has 3 rings (SSSR count). The maximum Gasteiger partial charge on any atom is 0.416 e. The summed E-state index contributed by atoms with van der Waals surface area (Å²) < 4.78 is 66.0. The molecule has 0 atom stereocenters. The second-order valence-electron chi connectivity index (χ2n) is 7.63. The van der Waals surface area contributed by atoms with E-state index in [4.69, 9.17) is 0 Å². The average molecular weight is 479 g/mol. The summed E-state index contributed by atoms with van der Waals surface area (Å²) in [5.41, 5.74) is 1.98. The highest BCUT2D eigenvalue weighted by Gasteiger charge is 2.30. The number of aromatic nitrogens is 1. The Morgan fingerprint density at radius 1 is 1.00 bits per heavy atom. The Kier molecular flexibility index (Phi) is 7.72. The Bertz CT molecular complexity index is 1180. The minimum absolute atomic E-state index is 0.255. The van der Waals surface area contributed by atoms with Gasteiger partial charge in [-0.1, -0.05) is 12.1 Å². The number of alkyl halides is 3. The number of halogens is 3. The van der Waals surface area contributed by atoms with E-state index in [-0.39, 0.29) is 4.90 Å². The van der Waals surface area contributed by atoms with Gasteiger partial charge in [0.15, 0.2) is 0 Å². The maximum atomic E-state index is 12.7. The van der Waals surface area contributed by atoms with Gasteiger partial charge in [-0.15, -0.1) is 0 Å². The summed E-state index contributed by atoms with van der Waals surface area (Å²) in [6.45, 7) is 2.45. The summed E-state index contributed by atoms with van der Waals surface area (Å²) in [5.74, 6) is 0. The van der Waals surface area contributed by atoms with Crippen molar-refractivity contribution in [1.29, 1.82) is 0 Å². The van der Waals surface area contributed by atoms with Crippen LogP contribution in [0.4, 0.5) is 18.9 Å². The van der Waals surface area contributed by atoms with E-state index in [0.717, 1.165) is 54.0 Å². The molecule has 0 spiro atoms. The van der Waals surface area contributed by atoms with Crippen LogP contribution >= 0.6 is 0 Å². The smallest absolute Gasteiger partial charge is 0.318 e. The molecule has 2 aromatic carbocycles. The van der Waals surface area contributed by atoms with Crippen molar-refractivity contribution in [3.8, 4) is 11.1 Å². The van der Waals surface area contributed by atoms with Crippen molar-refractivity contribution in [3.63, 3.8) is 0 Å². The Labute approximate surface area is 191 Å². The van der Waals surface area contributed by atoms with Gasteiger partial charge < -0.3 is 10.2 Å². The largest absolute Gasteiger partial charge is 0.416 e. The fourth-order valence-corrected chi connectivity index (χ4v) is 4.27. The van der Waals surface area contributed by atoms with Gasteiger partial charge in [0.05, 0.1) is 10.5 Å². The van der Waals surface area contributed by atoms with Crippen molar-refractivity contribution < 1.29 is 21.6 Å². The lowest BCUT2D eigenvalue weighted by molar-refractivity contribution is -0.137. The van der Waals surface area contributed by atoms with E-state index in [1.165, 1.54) is 0 Å². The van der Waals surface area contributed by atoms with E-state index in [1.807, 2.05) is 26.2 Å². The minimum Gasteiger partial charge on any atom is -0.318 e. The monoisotopic (exact) mass is 478 g/mol. The molecule has 0 aliphatic heterocycles. The van der Waals surface area contributed by atoms with Gasteiger partial charge in [-0.05, 0) is 67.7 Å². The number of pyridine rings is 1. The molecule has 0 unspecified atom stereocenters. The van der Waals surface area contributed by atoms with Crippen LogP contribution in [0.1, 0.15) is 11.1 Å². The van der Waals surface area contributed by atoms with Crippen molar-refractivity contribution in [2.24, 2.45) is 0 Å². The lowest BCUT2D eigenvalue weighted by atomic mass is 10.1. The predicted octanol–water partition coefficient (Wildman–Crippen LogP) is 4.22. The van der Waals surface area contributed by atoms with Crippen molar-refractivity contribution in [2.45, 2.75) is 17.6 Å². The molecule has 176 valence electrons. The number of sulfonamides is 1. The first-order valence-corrected chi connectivity index (χ1v) is 11.6. The van der Waals surface area contributed by atoms with E-state index in [9.17, 15) is 21.6 Å². The average Bonchev–Trinajstić information content (AvgIpc) is 2.77. The quantitative estimate of drug-likeness (QED) is 0.482. The fraction of sp³-hybridized carbons (Fsp3) is 0.261. The van der Waals surface area contributed by atoms with Crippen molar-refractivity contribution in [1.82, 2.24) is 15.2 Å². The molecule has 0 amide bonds. The molecule has 10 heteroatoms. The van der Waals surface area contributed by atoms with Crippen molar-refractivity contribution in [3.05, 3.63) is 78.1 Å². The van der Waals surface area contributed by atoms with Crippen LogP contribution in [0.15, 0.2) is 71.9 Å². The van der Waals surface area contributed by atoms with Gasteiger partial charge in [-0.25, -0.2) is 8.42 Å². The Hall–Kier alpha value is -2.95. The normalized spacial score (nSPS) is 12.2. The molecule has 0 aliphatic rings. The fourth-order valence-electron chi connectivity index (χ4n) is 3.22. The first kappa shape index (κ1) is 24.7. The van der Waals surface area contributed by atoms with Crippen LogP contribution in [-0.2, 0) is 22.7 Å². The van der Waals surface area contributed by atoms with Crippen LogP contribution in [0.5, 0.6) is 0 Å². The van der Waals surface area contributed by atoms with E-state index in [0.29, 0.717) is 12.2 Å². The second kappa shape index (κ2) is 10.3. The molecule has 6 nitrogen and oxygen atoms in total. The van der Waals surface area contributed by atoms with Gasteiger partial charge in [0.2, 0.25) is 0 Å². The summed E-state index contributed by atoms with van der Waals surface area (Å²) in [6, 6.07) is 12.1. The zero-order valence-corrected chi connectivity index (χ0v) is 19.0. The third-order valence-electron chi connectivity index (χ3n) is 4.93. The van der Waals surface area contributed by atoms with Gasteiger partial charge in [-0.3, -0.25) is 9.71 Å². The molecule has 0 fully saturated rings. The van der Waals surface area contributed by atoms with Gasteiger partial charge >= 0.3 is 6.18 Å². The molecule has 1 aromatic heterocycles.